The average Bonchev–Trinajstić information content (AvgIpc) is 2.93. The number of carbonyl (C=O) groups excluding carboxylic acids is 2. The predicted molar refractivity (Wildman–Crippen MR) is 91.3 cm³/mol. The molecule has 0 spiro atoms. The van der Waals surface area contributed by atoms with Crippen LogP contribution in [0.5, 0.6) is 0 Å². The van der Waals surface area contributed by atoms with Gasteiger partial charge in [-0.25, -0.2) is 0 Å². The largest absolute Gasteiger partial charge is 0.282 e. The normalized spacial score (nSPS) is 14.3. The van der Waals surface area contributed by atoms with Crippen molar-refractivity contribution in [1.29, 1.82) is 0 Å². The Morgan fingerprint density at radius 1 is 1.21 bits per heavy atom. The molecule has 0 atom stereocenters. The molecular formula is C17H17ClN4O2. The second kappa shape index (κ2) is 6.20. The predicted octanol–water partition coefficient (Wildman–Crippen LogP) is 3.13. The first kappa shape index (κ1) is 16.4. The van der Waals surface area contributed by atoms with E-state index >= 15 is 0 Å². The van der Waals surface area contributed by atoms with Gasteiger partial charge in [0.1, 0.15) is 5.15 Å². The third-order valence-electron chi connectivity index (χ3n) is 3.72. The van der Waals surface area contributed by atoms with E-state index in [1.165, 1.54) is 6.21 Å². The van der Waals surface area contributed by atoms with Crippen LogP contribution in [0.3, 0.4) is 0 Å². The molecule has 0 radical (unpaired) electrons. The van der Waals surface area contributed by atoms with E-state index in [0.29, 0.717) is 40.0 Å². The number of nitrogens with zero attached hydrogens (tertiary/aromatic N) is 4. The number of benzene rings is 1. The Morgan fingerprint density at radius 3 is 2.33 bits per heavy atom. The molecular weight excluding hydrogens is 328 g/mol. The molecule has 3 rings (SSSR count). The Bertz CT molecular complexity index is 819. The quantitative estimate of drug-likeness (QED) is 0.632. The molecule has 24 heavy (non-hydrogen) atoms. The molecule has 124 valence electrons. The molecule has 0 saturated heterocycles. The molecule has 0 bridgehead atoms. The molecule has 1 aliphatic heterocycles. The summed E-state index contributed by atoms with van der Waals surface area (Å²) in [6.07, 6.45) is 1.42. The lowest BCUT2D eigenvalue weighted by molar-refractivity contribution is 0.0660. The molecule has 6 nitrogen and oxygen atoms in total. The van der Waals surface area contributed by atoms with Crippen LogP contribution in [-0.2, 0) is 6.54 Å². The van der Waals surface area contributed by atoms with Crippen molar-refractivity contribution in [3.63, 3.8) is 0 Å². The van der Waals surface area contributed by atoms with E-state index in [1.807, 2.05) is 6.92 Å². The van der Waals surface area contributed by atoms with E-state index in [0.717, 1.165) is 5.01 Å². The van der Waals surface area contributed by atoms with Gasteiger partial charge in [-0.05, 0) is 25.0 Å². The molecule has 1 aromatic carbocycles. The molecule has 0 aliphatic carbocycles. The van der Waals surface area contributed by atoms with Crippen molar-refractivity contribution >= 4 is 29.6 Å². The van der Waals surface area contributed by atoms with Crippen LogP contribution in [0.1, 0.15) is 45.8 Å². The number of hydrogen-bond acceptors (Lipinski definition) is 4. The molecule has 0 N–H and O–H groups in total. The van der Waals surface area contributed by atoms with Crippen molar-refractivity contribution in [3.8, 4) is 0 Å². The average molecular weight is 345 g/mol. The van der Waals surface area contributed by atoms with Gasteiger partial charge in [-0.1, -0.05) is 37.6 Å². The summed E-state index contributed by atoms with van der Waals surface area (Å²) in [7, 11) is 0. The maximum atomic E-state index is 12.3. The summed E-state index contributed by atoms with van der Waals surface area (Å²) in [6.45, 7) is 6.63. The van der Waals surface area contributed by atoms with E-state index in [-0.39, 0.29) is 0 Å². The van der Waals surface area contributed by atoms with Gasteiger partial charge < -0.3 is 0 Å². The number of fused-ring (bicyclic) bond motifs is 1. The third kappa shape index (κ3) is 2.73. The van der Waals surface area contributed by atoms with Gasteiger partial charge in [-0.2, -0.15) is 15.2 Å². The summed E-state index contributed by atoms with van der Waals surface area (Å²) < 4.78 is 1.70. The van der Waals surface area contributed by atoms with Crippen LogP contribution in [0.25, 0.3) is 0 Å². The summed E-state index contributed by atoms with van der Waals surface area (Å²) in [5.74, 6) is -0.478. The summed E-state index contributed by atoms with van der Waals surface area (Å²) >= 11 is 6.34. The molecule has 1 aliphatic rings. The highest BCUT2D eigenvalue weighted by molar-refractivity contribution is 6.32. The Morgan fingerprint density at radius 2 is 1.79 bits per heavy atom. The SMILES string of the molecule is Cc1nn(CC(C)C)c(Cl)c1C=NN1C(=O)c2ccccc2C1=O. The van der Waals surface area contributed by atoms with Crippen LogP contribution >= 0.6 is 11.6 Å². The summed E-state index contributed by atoms with van der Waals surface area (Å²) in [5.41, 5.74) is 2.02. The van der Waals surface area contributed by atoms with Crippen molar-refractivity contribution in [3.05, 3.63) is 51.8 Å². The van der Waals surface area contributed by atoms with Gasteiger partial charge in [0.05, 0.1) is 28.6 Å². The van der Waals surface area contributed by atoms with Crippen LogP contribution in [0.4, 0.5) is 0 Å². The molecule has 2 aromatic rings. The van der Waals surface area contributed by atoms with Crippen LogP contribution in [0, 0.1) is 12.8 Å². The summed E-state index contributed by atoms with van der Waals surface area (Å²) in [4.78, 5) is 24.6. The Kier molecular flexibility index (Phi) is 4.24. The van der Waals surface area contributed by atoms with Gasteiger partial charge in [0.25, 0.3) is 11.8 Å². The monoisotopic (exact) mass is 344 g/mol. The second-order valence-electron chi connectivity index (χ2n) is 6.08. The van der Waals surface area contributed by atoms with Gasteiger partial charge in [0, 0.05) is 6.54 Å². The number of rotatable bonds is 4. The Balaban J connectivity index is 1.89. The number of halogens is 1. The smallest absolute Gasteiger partial charge is 0.267 e. The van der Waals surface area contributed by atoms with Crippen molar-refractivity contribution < 1.29 is 9.59 Å². The first-order valence-corrected chi connectivity index (χ1v) is 8.02. The van der Waals surface area contributed by atoms with E-state index < -0.39 is 11.8 Å². The fraction of sp³-hybridized carbons (Fsp3) is 0.294. The van der Waals surface area contributed by atoms with Gasteiger partial charge in [0.2, 0.25) is 0 Å². The lowest BCUT2D eigenvalue weighted by Crippen LogP contribution is -2.24. The minimum absolute atomic E-state index is 0.359. The number of aryl methyl sites for hydroxylation is 1. The number of aromatic nitrogens is 2. The highest BCUT2D eigenvalue weighted by Crippen LogP contribution is 2.24. The fourth-order valence-corrected chi connectivity index (χ4v) is 2.87. The summed E-state index contributed by atoms with van der Waals surface area (Å²) in [6, 6.07) is 6.66. The van der Waals surface area contributed by atoms with Gasteiger partial charge in [0.15, 0.2) is 0 Å². The number of amides is 2. The van der Waals surface area contributed by atoms with Crippen LogP contribution in [-0.4, -0.2) is 32.8 Å². The van der Waals surface area contributed by atoms with Gasteiger partial charge in [-0.3, -0.25) is 14.3 Å². The number of hydrogen-bond donors (Lipinski definition) is 0. The first-order chi connectivity index (χ1) is 11.4. The highest BCUT2D eigenvalue weighted by Gasteiger charge is 2.35. The molecule has 0 saturated carbocycles. The fourth-order valence-electron chi connectivity index (χ4n) is 2.58. The standard InChI is InChI=1S/C17H17ClN4O2/c1-10(2)9-21-15(18)14(11(3)20-21)8-19-22-16(23)12-6-4-5-7-13(12)17(22)24/h4-8,10H,9H2,1-3H3. The van der Waals surface area contributed by atoms with Gasteiger partial charge in [-0.15, -0.1) is 0 Å². The zero-order valence-electron chi connectivity index (χ0n) is 13.7. The maximum Gasteiger partial charge on any atom is 0.282 e. The van der Waals surface area contributed by atoms with Gasteiger partial charge >= 0.3 is 0 Å². The molecule has 0 fully saturated rings. The minimum atomic E-state index is -0.435. The molecule has 2 amide bonds. The number of hydrazone groups is 1. The van der Waals surface area contributed by atoms with E-state index in [4.69, 9.17) is 11.6 Å². The minimum Gasteiger partial charge on any atom is -0.267 e. The third-order valence-corrected chi connectivity index (χ3v) is 4.12. The van der Waals surface area contributed by atoms with Crippen LogP contribution in [0.15, 0.2) is 29.4 Å². The zero-order chi connectivity index (χ0) is 17.4. The maximum absolute atomic E-state index is 12.3. The molecule has 0 unspecified atom stereocenters. The van der Waals surface area contributed by atoms with E-state index in [2.05, 4.69) is 24.0 Å². The Labute approximate surface area is 144 Å². The van der Waals surface area contributed by atoms with Crippen molar-refractivity contribution in [2.75, 3.05) is 0 Å². The zero-order valence-corrected chi connectivity index (χ0v) is 14.4. The second-order valence-corrected chi connectivity index (χ2v) is 6.44. The Hall–Kier alpha value is -2.47. The van der Waals surface area contributed by atoms with E-state index in [9.17, 15) is 9.59 Å². The number of carbonyl (C=O) groups is 2. The van der Waals surface area contributed by atoms with Crippen molar-refractivity contribution in [2.24, 2.45) is 11.0 Å². The van der Waals surface area contributed by atoms with Crippen molar-refractivity contribution in [1.82, 2.24) is 14.8 Å². The molecule has 1 aromatic heterocycles. The number of imide groups is 1. The summed E-state index contributed by atoms with van der Waals surface area (Å²) in [5, 5.41) is 9.74. The lowest BCUT2D eigenvalue weighted by Gasteiger charge is -2.06. The lowest BCUT2D eigenvalue weighted by atomic mass is 10.1. The highest BCUT2D eigenvalue weighted by atomic mass is 35.5. The van der Waals surface area contributed by atoms with Crippen molar-refractivity contribution in [2.45, 2.75) is 27.3 Å². The molecule has 7 heteroatoms. The van der Waals surface area contributed by atoms with Crippen LogP contribution < -0.4 is 0 Å². The van der Waals surface area contributed by atoms with E-state index in [1.54, 1.807) is 28.9 Å². The topological polar surface area (TPSA) is 67.6 Å². The van der Waals surface area contributed by atoms with Crippen LogP contribution in [0.2, 0.25) is 5.15 Å². The molecule has 2 heterocycles. The first-order valence-electron chi connectivity index (χ1n) is 7.65.